The van der Waals surface area contributed by atoms with Crippen LogP contribution < -0.4 is 19.5 Å². The Balaban J connectivity index is 2.49. The van der Waals surface area contributed by atoms with Gasteiger partial charge in [0.1, 0.15) is 22.8 Å². The molecule has 0 saturated heterocycles. The van der Waals surface area contributed by atoms with E-state index in [0.717, 1.165) is 32.1 Å². The Bertz CT molecular complexity index is 823. The van der Waals surface area contributed by atoms with E-state index in [1.54, 1.807) is 24.3 Å². The monoisotopic (exact) mass is 418 g/mol. The Morgan fingerprint density at radius 1 is 0.862 bits per heavy atom. The zero-order chi connectivity index (χ0) is 21.3. The number of methoxy groups -OCH3 is 3. The lowest BCUT2D eigenvalue weighted by Crippen LogP contribution is -2.17. The summed E-state index contributed by atoms with van der Waals surface area (Å²) in [6, 6.07) is 12.3. The van der Waals surface area contributed by atoms with Crippen LogP contribution in [0.15, 0.2) is 42.5 Å². The van der Waals surface area contributed by atoms with Crippen molar-refractivity contribution in [3.05, 3.63) is 48.0 Å². The van der Waals surface area contributed by atoms with E-state index in [2.05, 4.69) is 6.92 Å². The third-order valence-electron chi connectivity index (χ3n) is 5.01. The van der Waals surface area contributed by atoms with Crippen molar-refractivity contribution in [2.75, 3.05) is 27.5 Å². The molecule has 0 amide bonds. The van der Waals surface area contributed by atoms with Gasteiger partial charge in [-0.25, -0.2) is 0 Å². The van der Waals surface area contributed by atoms with E-state index < -0.39 is 12.7 Å². The highest BCUT2D eigenvalue weighted by Crippen LogP contribution is 2.52. The molecule has 0 saturated carbocycles. The third-order valence-corrected chi connectivity index (χ3v) is 7.96. The molecule has 0 N–H and O–H groups in total. The lowest BCUT2D eigenvalue weighted by Gasteiger charge is -2.21. The van der Waals surface area contributed by atoms with E-state index in [1.807, 2.05) is 18.2 Å². The van der Waals surface area contributed by atoms with Gasteiger partial charge in [0.25, 0.3) is 0 Å². The van der Waals surface area contributed by atoms with Gasteiger partial charge < -0.3 is 18.8 Å². The summed E-state index contributed by atoms with van der Waals surface area (Å²) in [5.74, 6) is 1.10. The SMILES string of the molecule is CCCCCCCP(=O)(C(=O)c1c(OC)cc(OC)cc1OC)c1ccccc1. The van der Waals surface area contributed by atoms with Crippen LogP contribution >= 0.6 is 7.14 Å². The van der Waals surface area contributed by atoms with Crippen LogP contribution in [0.2, 0.25) is 0 Å². The van der Waals surface area contributed by atoms with Crippen molar-refractivity contribution in [3.63, 3.8) is 0 Å². The van der Waals surface area contributed by atoms with Gasteiger partial charge in [-0.3, -0.25) is 4.79 Å². The minimum absolute atomic E-state index is 0.205. The number of unbranched alkanes of at least 4 members (excludes halogenated alkanes) is 4. The lowest BCUT2D eigenvalue weighted by molar-refractivity contribution is 0.107. The van der Waals surface area contributed by atoms with Crippen molar-refractivity contribution in [1.29, 1.82) is 0 Å². The van der Waals surface area contributed by atoms with Crippen LogP contribution in [0.4, 0.5) is 0 Å². The largest absolute Gasteiger partial charge is 0.496 e. The lowest BCUT2D eigenvalue weighted by atomic mass is 10.2. The third kappa shape index (κ3) is 5.42. The molecule has 0 aromatic heterocycles. The van der Waals surface area contributed by atoms with Gasteiger partial charge >= 0.3 is 0 Å². The summed E-state index contributed by atoms with van der Waals surface area (Å²) in [7, 11) is 1.10. The van der Waals surface area contributed by atoms with Crippen LogP contribution in [0.1, 0.15) is 49.4 Å². The van der Waals surface area contributed by atoms with Crippen molar-refractivity contribution in [2.24, 2.45) is 0 Å². The average Bonchev–Trinajstić information content (AvgIpc) is 2.77. The van der Waals surface area contributed by atoms with E-state index in [-0.39, 0.29) is 5.56 Å². The fraction of sp³-hybridized carbons (Fsp3) is 0.435. The maximum absolute atomic E-state index is 14.1. The van der Waals surface area contributed by atoms with E-state index in [0.29, 0.717) is 28.7 Å². The molecule has 0 spiro atoms. The molecular weight excluding hydrogens is 387 g/mol. The number of benzene rings is 2. The van der Waals surface area contributed by atoms with Crippen LogP contribution in [-0.2, 0) is 4.57 Å². The number of ether oxygens (including phenoxy) is 3. The van der Waals surface area contributed by atoms with Gasteiger partial charge in [-0.05, 0) is 6.42 Å². The summed E-state index contributed by atoms with van der Waals surface area (Å²) in [5, 5.41) is 0.570. The van der Waals surface area contributed by atoms with Gasteiger partial charge in [0, 0.05) is 23.6 Å². The zero-order valence-electron chi connectivity index (χ0n) is 17.8. The van der Waals surface area contributed by atoms with Crippen molar-refractivity contribution in [1.82, 2.24) is 0 Å². The van der Waals surface area contributed by atoms with Crippen molar-refractivity contribution in [2.45, 2.75) is 39.0 Å². The summed E-state index contributed by atoms with van der Waals surface area (Å²) in [5.41, 5.74) is -0.230. The molecule has 0 heterocycles. The quantitative estimate of drug-likeness (QED) is 0.336. The van der Waals surface area contributed by atoms with Crippen molar-refractivity contribution < 1.29 is 23.6 Å². The number of hydrogen-bond acceptors (Lipinski definition) is 5. The van der Waals surface area contributed by atoms with Crippen molar-refractivity contribution in [3.8, 4) is 17.2 Å². The molecule has 2 rings (SSSR count). The second-order valence-corrected chi connectivity index (χ2v) is 9.77. The molecule has 1 atom stereocenters. The van der Waals surface area contributed by atoms with Crippen LogP contribution in [-0.4, -0.2) is 33.0 Å². The summed E-state index contributed by atoms with van der Waals surface area (Å²) >= 11 is 0. The molecule has 0 radical (unpaired) electrons. The first-order valence-electron chi connectivity index (χ1n) is 10.0. The summed E-state index contributed by atoms with van der Waals surface area (Å²) in [6.45, 7) is 2.15. The highest BCUT2D eigenvalue weighted by atomic mass is 31.2. The van der Waals surface area contributed by atoms with Crippen molar-refractivity contribution >= 4 is 18.0 Å². The Labute approximate surface area is 173 Å². The zero-order valence-corrected chi connectivity index (χ0v) is 18.7. The van der Waals surface area contributed by atoms with E-state index in [9.17, 15) is 9.36 Å². The predicted octanol–water partition coefficient (Wildman–Crippen LogP) is 5.51. The fourth-order valence-corrected chi connectivity index (χ4v) is 5.95. The molecule has 0 aliphatic rings. The standard InChI is InChI=1S/C23H31O5P/c1-5-6-7-8-12-15-29(25,19-13-10-9-11-14-19)23(24)22-20(27-3)16-18(26-2)17-21(22)28-4/h9-11,13-14,16-17H,5-8,12,15H2,1-4H3. The minimum Gasteiger partial charge on any atom is -0.496 e. The number of carbonyl (C=O) groups excluding carboxylic acids is 1. The fourth-order valence-electron chi connectivity index (χ4n) is 3.35. The smallest absolute Gasteiger partial charge is 0.233 e. The highest BCUT2D eigenvalue weighted by Gasteiger charge is 2.37. The maximum Gasteiger partial charge on any atom is 0.233 e. The van der Waals surface area contributed by atoms with Gasteiger partial charge in [0.15, 0.2) is 7.14 Å². The van der Waals surface area contributed by atoms with Gasteiger partial charge in [-0.2, -0.15) is 0 Å². The molecule has 6 heteroatoms. The Hall–Kier alpha value is -2.26. The second kappa shape index (κ2) is 11.1. The molecule has 2 aromatic rings. The van der Waals surface area contributed by atoms with Gasteiger partial charge in [0.2, 0.25) is 5.52 Å². The first-order valence-corrected chi connectivity index (χ1v) is 11.9. The number of rotatable bonds is 12. The van der Waals surface area contributed by atoms with Gasteiger partial charge in [-0.1, -0.05) is 62.9 Å². The Morgan fingerprint density at radius 2 is 1.45 bits per heavy atom. The molecule has 2 aromatic carbocycles. The first-order chi connectivity index (χ1) is 14.0. The van der Waals surface area contributed by atoms with Crippen LogP contribution in [0.5, 0.6) is 17.2 Å². The van der Waals surface area contributed by atoms with E-state index in [1.165, 1.54) is 21.3 Å². The molecule has 158 valence electrons. The molecule has 0 aliphatic heterocycles. The normalized spacial score (nSPS) is 12.8. The van der Waals surface area contributed by atoms with Gasteiger partial charge in [0.05, 0.1) is 21.3 Å². The molecule has 0 aliphatic carbocycles. The highest BCUT2D eigenvalue weighted by molar-refractivity contribution is 7.87. The van der Waals surface area contributed by atoms with Gasteiger partial charge in [-0.15, -0.1) is 0 Å². The Kier molecular flexibility index (Phi) is 8.78. The number of hydrogen-bond donors (Lipinski definition) is 0. The number of carbonyl (C=O) groups is 1. The maximum atomic E-state index is 14.1. The van der Waals surface area contributed by atoms with E-state index in [4.69, 9.17) is 14.2 Å². The summed E-state index contributed by atoms with van der Waals surface area (Å²) in [6.07, 6.45) is 5.37. The summed E-state index contributed by atoms with van der Waals surface area (Å²) < 4.78 is 30.3. The molecule has 0 bridgehead atoms. The topological polar surface area (TPSA) is 61.8 Å². The van der Waals surface area contributed by atoms with Crippen LogP contribution in [0, 0.1) is 0 Å². The van der Waals surface area contributed by atoms with Crippen LogP contribution in [0.3, 0.4) is 0 Å². The summed E-state index contributed by atoms with van der Waals surface area (Å²) in [4.78, 5) is 13.7. The second-order valence-electron chi connectivity index (χ2n) is 6.93. The molecule has 5 nitrogen and oxygen atoms in total. The predicted molar refractivity (Wildman–Crippen MR) is 118 cm³/mol. The minimum atomic E-state index is -3.38. The average molecular weight is 418 g/mol. The Morgan fingerprint density at radius 3 is 1.97 bits per heavy atom. The molecule has 29 heavy (non-hydrogen) atoms. The molecule has 1 unspecified atom stereocenters. The van der Waals surface area contributed by atoms with Crippen LogP contribution in [0.25, 0.3) is 0 Å². The molecule has 0 fully saturated rings. The molecular formula is C23H31O5P. The van der Waals surface area contributed by atoms with E-state index >= 15 is 0 Å². The first kappa shape index (κ1) is 23.0.